The van der Waals surface area contributed by atoms with Crippen LogP contribution in [0.15, 0.2) is 18.2 Å². The molecule has 1 aromatic rings. The lowest BCUT2D eigenvalue weighted by Gasteiger charge is -2.05. The van der Waals surface area contributed by atoms with Crippen molar-refractivity contribution in [3.63, 3.8) is 0 Å². The third-order valence-electron chi connectivity index (χ3n) is 1.46. The highest BCUT2D eigenvalue weighted by molar-refractivity contribution is 5.95. The van der Waals surface area contributed by atoms with E-state index in [2.05, 4.69) is 4.74 Å². The van der Waals surface area contributed by atoms with Crippen molar-refractivity contribution < 1.29 is 14.9 Å². The third kappa shape index (κ3) is 1.32. The summed E-state index contributed by atoms with van der Waals surface area (Å²) in [5.41, 5.74) is 0.178. The van der Waals surface area contributed by atoms with Gasteiger partial charge >= 0.3 is 0 Å². The molecule has 0 saturated heterocycles. The van der Waals surface area contributed by atoms with E-state index in [-0.39, 0.29) is 23.0 Å². The number of hydrogen-bond donors (Lipinski definition) is 3. The molecule has 0 atom stereocenters. The molecule has 0 heterocycles. The van der Waals surface area contributed by atoms with E-state index in [4.69, 9.17) is 10.5 Å². The van der Waals surface area contributed by atoms with Crippen LogP contribution in [0.5, 0.6) is 11.5 Å². The summed E-state index contributed by atoms with van der Waals surface area (Å²) in [6, 6.07) is 4.35. The molecule has 0 spiro atoms. The number of methoxy groups -OCH3 is 1. The molecule has 0 aliphatic heterocycles. The zero-order valence-electron chi connectivity index (χ0n) is 6.53. The summed E-state index contributed by atoms with van der Waals surface area (Å²) in [4.78, 5) is 0. The Balaban J connectivity index is 3.16. The van der Waals surface area contributed by atoms with E-state index in [1.807, 2.05) is 0 Å². The largest absolute Gasteiger partial charge is 0.504 e. The standard InChI is InChI=1S/C8H9NO3/c1-12-8(9)5-3-2-4-6(10)7(5)11/h2-4,9-11H,1H3. The molecule has 4 nitrogen and oxygen atoms in total. The van der Waals surface area contributed by atoms with Gasteiger partial charge in [-0.3, -0.25) is 5.41 Å². The molecule has 0 saturated carbocycles. The van der Waals surface area contributed by atoms with Crippen LogP contribution in [-0.4, -0.2) is 23.2 Å². The Hall–Kier alpha value is -1.71. The van der Waals surface area contributed by atoms with Crippen LogP contribution < -0.4 is 0 Å². The molecule has 12 heavy (non-hydrogen) atoms. The second-order valence-electron chi connectivity index (χ2n) is 2.21. The first-order chi connectivity index (χ1) is 5.66. The smallest absolute Gasteiger partial charge is 0.216 e. The number of hydrogen-bond acceptors (Lipinski definition) is 4. The molecule has 1 rings (SSSR count). The van der Waals surface area contributed by atoms with E-state index >= 15 is 0 Å². The van der Waals surface area contributed by atoms with Crippen molar-refractivity contribution in [1.29, 1.82) is 5.41 Å². The molecule has 1 aromatic carbocycles. The summed E-state index contributed by atoms with van der Waals surface area (Å²) in [6.45, 7) is 0. The number of phenols is 2. The summed E-state index contributed by atoms with van der Waals surface area (Å²) < 4.78 is 4.58. The van der Waals surface area contributed by atoms with Gasteiger partial charge in [0.05, 0.1) is 12.7 Å². The average Bonchev–Trinajstić information content (AvgIpc) is 2.08. The Morgan fingerprint density at radius 3 is 2.67 bits per heavy atom. The molecular weight excluding hydrogens is 158 g/mol. The Bertz CT molecular complexity index is 309. The van der Waals surface area contributed by atoms with Gasteiger partial charge in [0.15, 0.2) is 11.5 Å². The number of rotatable bonds is 1. The normalized spacial score (nSPS) is 9.42. The van der Waals surface area contributed by atoms with E-state index in [1.165, 1.54) is 25.3 Å². The lowest BCUT2D eigenvalue weighted by Crippen LogP contribution is -2.00. The van der Waals surface area contributed by atoms with E-state index in [0.717, 1.165) is 0 Å². The van der Waals surface area contributed by atoms with Gasteiger partial charge in [-0.2, -0.15) is 0 Å². The Kier molecular flexibility index (Phi) is 2.19. The van der Waals surface area contributed by atoms with Gasteiger partial charge in [-0.05, 0) is 12.1 Å². The van der Waals surface area contributed by atoms with Crippen LogP contribution in [0.2, 0.25) is 0 Å². The summed E-state index contributed by atoms with van der Waals surface area (Å²) in [6.07, 6.45) is 0. The van der Waals surface area contributed by atoms with Crippen molar-refractivity contribution in [2.75, 3.05) is 7.11 Å². The number of ether oxygens (including phenoxy) is 1. The lowest BCUT2D eigenvalue weighted by atomic mass is 10.2. The Morgan fingerprint density at radius 1 is 1.42 bits per heavy atom. The highest BCUT2D eigenvalue weighted by atomic mass is 16.5. The summed E-state index contributed by atoms with van der Waals surface area (Å²) in [7, 11) is 1.33. The molecule has 0 aliphatic rings. The zero-order valence-corrected chi connectivity index (χ0v) is 6.53. The number of nitrogens with one attached hydrogen (secondary N) is 1. The Morgan fingerprint density at radius 2 is 2.08 bits per heavy atom. The highest BCUT2D eigenvalue weighted by Gasteiger charge is 2.09. The van der Waals surface area contributed by atoms with Crippen LogP contribution in [0.4, 0.5) is 0 Å². The van der Waals surface area contributed by atoms with Gasteiger partial charge in [-0.25, -0.2) is 0 Å². The van der Waals surface area contributed by atoms with Gasteiger partial charge in [0, 0.05) is 0 Å². The second kappa shape index (κ2) is 3.13. The highest BCUT2D eigenvalue weighted by Crippen LogP contribution is 2.28. The SMILES string of the molecule is COC(=N)c1cccc(O)c1O. The summed E-state index contributed by atoms with van der Waals surface area (Å²) in [5.74, 6) is -0.762. The van der Waals surface area contributed by atoms with Crippen LogP contribution >= 0.6 is 0 Å². The molecule has 3 N–H and O–H groups in total. The average molecular weight is 167 g/mol. The van der Waals surface area contributed by atoms with E-state index in [1.54, 1.807) is 0 Å². The first-order valence-electron chi connectivity index (χ1n) is 3.30. The molecule has 0 bridgehead atoms. The van der Waals surface area contributed by atoms with Gasteiger partial charge in [0.2, 0.25) is 5.90 Å². The first kappa shape index (κ1) is 8.39. The van der Waals surface area contributed by atoms with Crippen LogP contribution in [0.1, 0.15) is 5.56 Å². The van der Waals surface area contributed by atoms with Gasteiger partial charge in [0.25, 0.3) is 0 Å². The third-order valence-corrected chi connectivity index (χ3v) is 1.46. The van der Waals surface area contributed by atoms with Gasteiger partial charge in [-0.15, -0.1) is 0 Å². The summed E-state index contributed by atoms with van der Waals surface area (Å²) in [5, 5.41) is 25.5. The van der Waals surface area contributed by atoms with Crippen molar-refractivity contribution in [2.24, 2.45) is 0 Å². The number of phenolic OH excluding ortho intramolecular Hbond substituents is 2. The first-order valence-corrected chi connectivity index (χ1v) is 3.30. The molecular formula is C8H9NO3. The molecule has 0 unspecified atom stereocenters. The monoisotopic (exact) mass is 167 g/mol. The van der Waals surface area contributed by atoms with Crippen LogP contribution in [0.3, 0.4) is 0 Å². The maximum atomic E-state index is 9.23. The molecule has 0 radical (unpaired) electrons. The van der Waals surface area contributed by atoms with Crippen molar-refractivity contribution in [3.05, 3.63) is 23.8 Å². The topological polar surface area (TPSA) is 73.5 Å². The predicted octanol–water partition coefficient (Wildman–Crippen LogP) is 1.07. The fourth-order valence-electron chi connectivity index (χ4n) is 0.825. The van der Waals surface area contributed by atoms with Crippen LogP contribution in [-0.2, 0) is 4.74 Å². The van der Waals surface area contributed by atoms with Crippen LogP contribution in [0.25, 0.3) is 0 Å². The molecule has 0 aliphatic carbocycles. The van der Waals surface area contributed by atoms with Gasteiger partial charge in [-0.1, -0.05) is 6.07 Å². The zero-order chi connectivity index (χ0) is 9.14. The van der Waals surface area contributed by atoms with Crippen molar-refractivity contribution in [1.82, 2.24) is 0 Å². The number of aromatic hydroxyl groups is 2. The van der Waals surface area contributed by atoms with Crippen molar-refractivity contribution in [3.8, 4) is 11.5 Å². The fraction of sp³-hybridized carbons (Fsp3) is 0.125. The minimum atomic E-state index is -0.329. The fourth-order valence-corrected chi connectivity index (χ4v) is 0.825. The molecule has 0 amide bonds. The molecule has 4 heteroatoms. The minimum Gasteiger partial charge on any atom is -0.504 e. The van der Waals surface area contributed by atoms with Gasteiger partial charge < -0.3 is 14.9 Å². The van der Waals surface area contributed by atoms with E-state index < -0.39 is 0 Å². The molecule has 0 aromatic heterocycles. The van der Waals surface area contributed by atoms with E-state index in [0.29, 0.717) is 0 Å². The second-order valence-corrected chi connectivity index (χ2v) is 2.21. The Labute approximate surface area is 69.5 Å². The van der Waals surface area contributed by atoms with Gasteiger partial charge in [0.1, 0.15) is 0 Å². The van der Waals surface area contributed by atoms with E-state index in [9.17, 15) is 5.11 Å². The summed E-state index contributed by atoms with van der Waals surface area (Å²) >= 11 is 0. The lowest BCUT2D eigenvalue weighted by molar-refractivity contribution is 0.384. The quantitative estimate of drug-likeness (QED) is 0.332. The van der Waals surface area contributed by atoms with Crippen molar-refractivity contribution in [2.45, 2.75) is 0 Å². The molecule has 64 valence electrons. The number of para-hydroxylation sites is 1. The number of benzene rings is 1. The van der Waals surface area contributed by atoms with Crippen LogP contribution in [0, 0.1) is 5.41 Å². The molecule has 0 fully saturated rings. The maximum absolute atomic E-state index is 9.23. The van der Waals surface area contributed by atoms with Crippen molar-refractivity contribution >= 4 is 5.90 Å². The predicted molar refractivity (Wildman–Crippen MR) is 43.6 cm³/mol. The maximum Gasteiger partial charge on any atom is 0.216 e. The minimum absolute atomic E-state index is 0.177.